The third-order valence-electron chi connectivity index (χ3n) is 6.77. The number of hydrogen-bond donors (Lipinski definition) is 1. The smallest absolute Gasteiger partial charge is 0.407 e. The first-order chi connectivity index (χ1) is 14.1. The monoisotopic (exact) mass is 393 g/mol. The van der Waals surface area contributed by atoms with Crippen molar-refractivity contribution in [3.8, 4) is 0 Å². The van der Waals surface area contributed by atoms with Crippen LogP contribution in [0, 0.1) is 0 Å². The maximum absolute atomic E-state index is 11.2. The molecule has 5 heteroatoms. The normalized spacial score (nSPS) is 20.4. The topological polar surface area (TPSA) is 47.0 Å². The fourth-order valence-electron chi connectivity index (χ4n) is 4.91. The van der Waals surface area contributed by atoms with Gasteiger partial charge in [-0.1, -0.05) is 36.4 Å². The van der Waals surface area contributed by atoms with Gasteiger partial charge in [-0.05, 0) is 56.9 Å². The average molecular weight is 394 g/mol. The minimum atomic E-state index is -0.785. The molecule has 0 spiro atoms. The molecule has 0 aliphatic carbocycles. The molecule has 0 unspecified atom stereocenters. The van der Waals surface area contributed by atoms with Crippen LogP contribution in [0.15, 0.2) is 60.7 Å². The van der Waals surface area contributed by atoms with Crippen molar-refractivity contribution in [1.29, 1.82) is 0 Å². The van der Waals surface area contributed by atoms with Gasteiger partial charge in [-0.15, -0.1) is 0 Å². The number of carboxylic acid groups (broad SMARTS) is 1. The number of carbonyl (C=O) groups is 1. The maximum atomic E-state index is 11.2. The lowest BCUT2D eigenvalue weighted by Gasteiger charge is -2.50. The zero-order valence-electron chi connectivity index (χ0n) is 17.2. The predicted molar refractivity (Wildman–Crippen MR) is 117 cm³/mol. The van der Waals surface area contributed by atoms with Gasteiger partial charge < -0.3 is 14.9 Å². The van der Waals surface area contributed by atoms with Crippen LogP contribution in [0.4, 0.5) is 16.2 Å². The standard InChI is InChI=1S/C24H31N3O2/c1-24(14-18-25(19-15-24)23(28)29)26-16-12-22(13-17-26)27(20-8-4-2-5-9-20)21-10-6-3-7-11-21/h2-11,22H,12-19H2,1H3,(H,28,29). The molecule has 29 heavy (non-hydrogen) atoms. The summed E-state index contributed by atoms with van der Waals surface area (Å²) >= 11 is 0. The Bertz CT molecular complexity index is 756. The van der Waals surface area contributed by atoms with E-state index in [9.17, 15) is 9.90 Å². The van der Waals surface area contributed by atoms with E-state index in [0.717, 1.165) is 38.8 Å². The van der Waals surface area contributed by atoms with Crippen molar-refractivity contribution in [2.24, 2.45) is 0 Å². The van der Waals surface area contributed by atoms with Gasteiger partial charge in [-0.25, -0.2) is 4.79 Å². The van der Waals surface area contributed by atoms with E-state index in [0.29, 0.717) is 19.1 Å². The second kappa shape index (κ2) is 8.46. The SMILES string of the molecule is CC1(N2CCC(N(c3ccccc3)c3ccccc3)CC2)CCN(C(=O)O)CC1. The molecule has 2 aliphatic rings. The largest absolute Gasteiger partial charge is 0.465 e. The molecule has 154 valence electrons. The summed E-state index contributed by atoms with van der Waals surface area (Å²) in [6.07, 6.45) is 3.28. The van der Waals surface area contributed by atoms with Crippen molar-refractivity contribution >= 4 is 17.5 Å². The van der Waals surface area contributed by atoms with Crippen LogP contribution in [0.2, 0.25) is 0 Å². The van der Waals surface area contributed by atoms with Gasteiger partial charge in [-0.2, -0.15) is 0 Å². The maximum Gasteiger partial charge on any atom is 0.407 e. The quantitative estimate of drug-likeness (QED) is 0.809. The molecule has 4 rings (SSSR count). The van der Waals surface area contributed by atoms with Gasteiger partial charge in [0.1, 0.15) is 0 Å². The predicted octanol–water partition coefficient (Wildman–Crippen LogP) is 4.82. The van der Waals surface area contributed by atoms with Gasteiger partial charge in [0.25, 0.3) is 0 Å². The number of nitrogens with zero attached hydrogens (tertiary/aromatic N) is 3. The molecule has 2 fully saturated rings. The fraction of sp³-hybridized carbons (Fsp3) is 0.458. The van der Waals surface area contributed by atoms with E-state index < -0.39 is 6.09 Å². The molecule has 0 aromatic heterocycles. The molecular weight excluding hydrogens is 362 g/mol. The van der Waals surface area contributed by atoms with Crippen LogP contribution < -0.4 is 4.90 Å². The lowest BCUT2D eigenvalue weighted by Crippen LogP contribution is -2.57. The van der Waals surface area contributed by atoms with Gasteiger partial charge in [-0.3, -0.25) is 4.90 Å². The van der Waals surface area contributed by atoms with E-state index >= 15 is 0 Å². The minimum Gasteiger partial charge on any atom is -0.465 e. The summed E-state index contributed by atoms with van der Waals surface area (Å²) in [6.45, 7) is 5.73. The number of piperidine rings is 2. The molecule has 1 amide bonds. The Hall–Kier alpha value is -2.53. The number of anilines is 2. The lowest BCUT2D eigenvalue weighted by molar-refractivity contribution is 0.0205. The molecule has 0 saturated carbocycles. The molecular formula is C24H31N3O2. The Morgan fingerprint density at radius 2 is 1.38 bits per heavy atom. The summed E-state index contributed by atoms with van der Waals surface area (Å²) in [5.41, 5.74) is 2.61. The van der Waals surface area contributed by atoms with Crippen molar-refractivity contribution in [2.45, 2.75) is 44.2 Å². The highest BCUT2D eigenvalue weighted by Crippen LogP contribution is 2.35. The summed E-state index contributed by atoms with van der Waals surface area (Å²) < 4.78 is 0. The lowest BCUT2D eigenvalue weighted by atomic mass is 9.85. The van der Waals surface area contributed by atoms with Gasteiger partial charge >= 0.3 is 6.09 Å². The fourth-order valence-corrected chi connectivity index (χ4v) is 4.91. The molecule has 5 nitrogen and oxygen atoms in total. The Morgan fingerprint density at radius 1 is 0.897 bits per heavy atom. The first kappa shape index (κ1) is 19.8. The van der Waals surface area contributed by atoms with Crippen molar-refractivity contribution in [2.75, 3.05) is 31.1 Å². The van der Waals surface area contributed by atoms with Crippen LogP contribution in [-0.4, -0.2) is 58.8 Å². The molecule has 2 aromatic rings. The van der Waals surface area contributed by atoms with Crippen LogP contribution in [-0.2, 0) is 0 Å². The Kier molecular flexibility index (Phi) is 5.76. The van der Waals surface area contributed by atoms with Crippen molar-refractivity contribution in [3.63, 3.8) is 0 Å². The zero-order chi connectivity index (χ0) is 20.3. The molecule has 2 heterocycles. The minimum absolute atomic E-state index is 0.112. The summed E-state index contributed by atoms with van der Waals surface area (Å²) in [4.78, 5) is 17.9. The molecule has 2 aromatic carbocycles. The number of amides is 1. The van der Waals surface area contributed by atoms with Gasteiger partial charge in [0.2, 0.25) is 0 Å². The van der Waals surface area contributed by atoms with E-state index in [1.54, 1.807) is 4.90 Å². The van der Waals surface area contributed by atoms with Gasteiger partial charge in [0, 0.05) is 49.1 Å². The van der Waals surface area contributed by atoms with E-state index in [1.165, 1.54) is 11.4 Å². The van der Waals surface area contributed by atoms with Crippen LogP contribution in [0.3, 0.4) is 0 Å². The van der Waals surface area contributed by atoms with E-state index in [-0.39, 0.29) is 5.54 Å². The third-order valence-corrected chi connectivity index (χ3v) is 6.77. The van der Waals surface area contributed by atoms with Gasteiger partial charge in [0.15, 0.2) is 0 Å². The Morgan fingerprint density at radius 3 is 1.83 bits per heavy atom. The highest BCUT2D eigenvalue weighted by molar-refractivity contribution is 5.65. The highest BCUT2D eigenvalue weighted by Gasteiger charge is 2.39. The second-order valence-electron chi connectivity index (χ2n) is 8.53. The number of rotatable bonds is 4. The molecule has 0 atom stereocenters. The number of benzene rings is 2. The number of hydrogen-bond acceptors (Lipinski definition) is 3. The molecule has 0 bridgehead atoms. The average Bonchev–Trinajstić information content (AvgIpc) is 2.76. The van der Waals surface area contributed by atoms with Crippen LogP contribution in [0.1, 0.15) is 32.6 Å². The van der Waals surface area contributed by atoms with Crippen molar-refractivity contribution < 1.29 is 9.90 Å². The Labute approximate surface area is 173 Å². The first-order valence-electron chi connectivity index (χ1n) is 10.7. The third kappa shape index (κ3) is 4.25. The Balaban J connectivity index is 1.45. The van der Waals surface area contributed by atoms with Crippen molar-refractivity contribution in [1.82, 2.24) is 9.80 Å². The van der Waals surface area contributed by atoms with E-state index in [2.05, 4.69) is 77.4 Å². The van der Waals surface area contributed by atoms with Crippen LogP contribution in [0.25, 0.3) is 0 Å². The van der Waals surface area contributed by atoms with E-state index in [1.807, 2.05) is 0 Å². The molecule has 2 aliphatic heterocycles. The molecule has 0 radical (unpaired) electrons. The molecule has 2 saturated heterocycles. The van der Waals surface area contributed by atoms with Crippen LogP contribution >= 0.6 is 0 Å². The van der Waals surface area contributed by atoms with Gasteiger partial charge in [0.05, 0.1) is 0 Å². The summed E-state index contributed by atoms with van der Waals surface area (Å²) in [5.74, 6) is 0. The molecule has 1 N–H and O–H groups in total. The first-order valence-corrected chi connectivity index (χ1v) is 10.7. The highest BCUT2D eigenvalue weighted by atomic mass is 16.4. The number of para-hydroxylation sites is 2. The second-order valence-corrected chi connectivity index (χ2v) is 8.53. The van der Waals surface area contributed by atoms with Crippen LogP contribution in [0.5, 0.6) is 0 Å². The summed E-state index contributed by atoms with van der Waals surface area (Å²) in [7, 11) is 0. The van der Waals surface area contributed by atoms with Crippen molar-refractivity contribution in [3.05, 3.63) is 60.7 Å². The number of likely N-dealkylation sites (tertiary alicyclic amines) is 2. The zero-order valence-corrected chi connectivity index (χ0v) is 17.2. The summed E-state index contributed by atoms with van der Waals surface area (Å²) in [5, 5.41) is 9.24. The summed E-state index contributed by atoms with van der Waals surface area (Å²) in [6, 6.07) is 21.8. The van der Waals surface area contributed by atoms with E-state index in [4.69, 9.17) is 0 Å².